The van der Waals surface area contributed by atoms with Gasteiger partial charge in [0.15, 0.2) is 0 Å². The molecule has 1 aromatic carbocycles. The van der Waals surface area contributed by atoms with Crippen LogP contribution in [0.5, 0.6) is 0 Å². The van der Waals surface area contributed by atoms with Crippen LogP contribution in [-0.2, 0) is 6.42 Å². The molecule has 0 amide bonds. The van der Waals surface area contributed by atoms with Crippen molar-refractivity contribution >= 4 is 11.6 Å². The van der Waals surface area contributed by atoms with Crippen molar-refractivity contribution in [2.45, 2.75) is 24.8 Å². The van der Waals surface area contributed by atoms with Gasteiger partial charge in [-0.15, -0.1) is 0 Å². The van der Waals surface area contributed by atoms with E-state index in [0.29, 0.717) is 5.54 Å². The SMILES string of the molecule is [CH2-][NH2+]C1(Cc2ccc(Cl)cc2)CC1. The van der Waals surface area contributed by atoms with E-state index < -0.39 is 0 Å². The fourth-order valence-corrected chi connectivity index (χ4v) is 1.75. The zero-order valence-corrected chi connectivity index (χ0v) is 8.35. The third-order valence-corrected chi connectivity index (χ3v) is 3.05. The van der Waals surface area contributed by atoms with Crippen molar-refractivity contribution in [2.75, 3.05) is 0 Å². The molecular formula is C11H14ClN. The summed E-state index contributed by atoms with van der Waals surface area (Å²) in [5, 5.41) is 2.91. The van der Waals surface area contributed by atoms with E-state index in [1.165, 1.54) is 18.4 Å². The standard InChI is InChI=1S/C11H14ClN/c1-13-11(6-7-11)8-9-2-4-10(12)5-3-9/h2-5H,1,6-8,13H2. The molecule has 2 rings (SSSR count). The third kappa shape index (κ3) is 2.04. The van der Waals surface area contributed by atoms with Gasteiger partial charge in [0.05, 0.1) is 5.54 Å². The number of nitrogens with two attached hydrogens (primary N) is 1. The Labute approximate surface area is 84.1 Å². The van der Waals surface area contributed by atoms with Crippen LogP contribution in [0, 0.1) is 7.05 Å². The van der Waals surface area contributed by atoms with Crippen LogP contribution >= 0.6 is 11.6 Å². The maximum atomic E-state index is 5.81. The number of hydrogen-bond donors (Lipinski definition) is 1. The first-order valence-corrected chi connectivity index (χ1v) is 5.00. The highest BCUT2D eigenvalue weighted by molar-refractivity contribution is 6.30. The average Bonchev–Trinajstić information content (AvgIpc) is 2.90. The Morgan fingerprint density at radius 2 is 1.92 bits per heavy atom. The fraction of sp³-hybridized carbons (Fsp3) is 0.364. The van der Waals surface area contributed by atoms with Gasteiger partial charge in [0.2, 0.25) is 0 Å². The van der Waals surface area contributed by atoms with Crippen LogP contribution in [0.4, 0.5) is 0 Å². The predicted octanol–water partition coefficient (Wildman–Crippen LogP) is 1.77. The van der Waals surface area contributed by atoms with E-state index in [-0.39, 0.29) is 0 Å². The number of quaternary nitrogens is 1. The molecule has 0 heterocycles. The Kier molecular flexibility index (Phi) is 2.31. The first-order valence-electron chi connectivity index (χ1n) is 4.62. The molecule has 0 aliphatic heterocycles. The summed E-state index contributed by atoms with van der Waals surface area (Å²) in [4.78, 5) is 0. The van der Waals surface area contributed by atoms with Crippen molar-refractivity contribution in [1.82, 2.24) is 0 Å². The number of halogens is 1. The summed E-state index contributed by atoms with van der Waals surface area (Å²) in [6.07, 6.45) is 3.70. The minimum absolute atomic E-state index is 0.411. The molecular weight excluding hydrogens is 182 g/mol. The lowest BCUT2D eigenvalue weighted by Gasteiger charge is -2.14. The quantitative estimate of drug-likeness (QED) is 0.709. The normalized spacial score (nSPS) is 18.6. The molecule has 2 heteroatoms. The van der Waals surface area contributed by atoms with Crippen LogP contribution < -0.4 is 5.32 Å². The molecule has 1 aliphatic carbocycles. The van der Waals surface area contributed by atoms with Gasteiger partial charge in [-0.1, -0.05) is 23.7 Å². The second kappa shape index (κ2) is 3.32. The molecule has 70 valence electrons. The third-order valence-electron chi connectivity index (χ3n) is 2.79. The molecule has 1 saturated carbocycles. The average molecular weight is 196 g/mol. The van der Waals surface area contributed by atoms with Crippen molar-refractivity contribution in [1.29, 1.82) is 0 Å². The summed E-state index contributed by atoms with van der Waals surface area (Å²) in [7, 11) is 3.88. The van der Waals surface area contributed by atoms with Gasteiger partial charge >= 0.3 is 0 Å². The molecule has 1 nitrogen and oxygen atoms in total. The van der Waals surface area contributed by atoms with Gasteiger partial charge in [-0.2, -0.15) is 7.05 Å². The van der Waals surface area contributed by atoms with E-state index >= 15 is 0 Å². The molecule has 1 aromatic rings. The van der Waals surface area contributed by atoms with Crippen LogP contribution in [0.2, 0.25) is 5.02 Å². The molecule has 0 aromatic heterocycles. The van der Waals surface area contributed by atoms with E-state index in [1.807, 2.05) is 12.1 Å². The molecule has 0 radical (unpaired) electrons. The maximum absolute atomic E-state index is 5.81. The molecule has 0 saturated heterocycles. The van der Waals surface area contributed by atoms with Gasteiger partial charge in [0.1, 0.15) is 0 Å². The first kappa shape index (κ1) is 9.04. The highest BCUT2D eigenvalue weighted by Crippen LogP contribution is 2.34. The maximum Gasteiger partial charge on any atom is 0.0769 e. The Morgan fingerprint density at radius 1 is 1.31 bits per heavy atom. The van der Waals surface area contributed by atoms with E-state index in [0.717, 1.165) is 11.4 Å². The van der Waals surface area contributed by atoms with Gasteiger partial charge in [-0.25, -0.2) is 0 Å². The van der Waals surface area contributed by atoms with Gasteiger partial charge in [0, 0.05) is 24.3 Å². The van der Waals surface area contributed by atoms with Crippen molar-refractivity contribution in [2.24, 2.45) is 0 Å². The minimum atomic E-state index is 0.411. The van der Waals surface area contributed by atoms with Gasteiger partial charge in [0.25, 0.3) is 0 Å². The summed E-state index contributed by atoms with van der Waals surface area (Å²) in [5.41, 5.74) is 1.77. The van der Waals surface area contributed by atoms with E-state index in [9.17, 15) is 0 Å². The fourth-order valence-electron chi connectivity index (χ4n) is 1.62. The topological polar surface area (TPSA) is 16.6 Å². The van der Waals surface area contributed by atoms with Crippen molar-refractivity contribution in [3.63, 3.8) is 0 Å². The zero-order chi connectivity index (χ0) is 9.31. The van der Waals surface area contributed by atoms with Crippen LogP contribution in [0.15, 0.2) is 24.3 Å². The summed E-state index contributed by atoms with van der Waals surface area (Å²) < 4.78 is 0. The van der Waals surface area contributed by atoms with E-state index in [2.05, 4.69) is 24.5 Å². The van der Waals surface area contributed by atoms with Gasteiger partial charge < -0.3 is 5.32 Å². The lowest BCUT2D eigenvalue weighted by Crippen LogP contribution is -2.86. The first-order chi connectivity index (χ1) is 6.24. The molecule has 0 bridgehead atoms. The van der Waals surface area contributed by atoms with Gasteiger partial charge in [-0.05, 0) is 17.7 Å². The summed E-state index contributed by atoms with van der Waals surface area (Å²) >= 11 is 5.81. The highest BCUT2D eigenvalue weighted by atomic mass is 35.5. The van der Waals surface area contributed by atoms with E-state index in [4.69, 9.17) is 11.6 Å². The molecule has 2 N–H and O–H groups in total. The van der Waals surface area contributed by atoms with Crippen LogP contribution in [0.1, 0.15) is 18.4 Å². The Hall–Kier alpha value is -0.530. The summed E-state index contributed by atoms with van der Waals surface area (Å²) in [5.74, 6) is 0. The van der Waals surface area contributed by atoms with Crippen molar-refractivity contribution < 1.29 is 5.32 Å². The number of hydrogen-bond acceptors (Lipinski definition) is 0. The van der Waals surface area contributed by atoms with Crippen molar-refractivity contribution in [3.8, 4) is 0 Å². The van der Waals surface area contributed by atoms with Crippen LogP contribution in [0.25, 0.3) is 0 Å². The second-order valence-corrected chi connectivity index (χ2v) is 4.31. The lowest BCUT2D eigenvalue weighted by molar-refractivity contribution is -0.648. The molecule has 13 heavy (non-hydrogen) atoms. The zero-order valence-electron chi connectivity index (χ0n) is 7.59. The largest absolute Gasteiger partial charge is 0.474 e. The van der Waals surface area contributed by atoms with Crippen molar-refractivity contribution in [3.05, 3.63) is 41.9 Å². The second-order valence-electron chi connectivity index (χ2n) is 3.87. The summed E-state index contributed by atoms with van der Waals surface area (Å²) in [6, 6.07) is 8.12. The lowest BCUT2D eigenvalue weighted by atomic mass is 10.0. The molecule has 0 atom stereocenters. The molecule has 0 unspecified atom stereocenters. The molecule has 1 aliphatic rings. The summed E-state index contributed by atoms with van der Waals surface area (Å²) in [6.45, 7) is 0. The van der Waals surface area contributed by atoms with E-state index in [1.54, 1.807) is 0 Å². The van der Waals surface area contributed by atoms with Crippen LogP contribution in [-0.4, -0.2) is 5.54 Å². The Morgan fingerprint density at radius 3 is 2.38 bits per heavy atom. The van der Waals surface area contributed by atoms with Crippen LogP contribution in [0.3, 0.4) is 0 Å². The number of rotatable bonds is 3. The minimum Gasteiger partial charge on any atom is -0.474 e. The highest BCUT2D eigenvalue weighted by Gasteiger charge is 2.43. The molecule has 1 fully saturated rings. The Balaban J connectivity index is 2.06. The van der Waals surface area contributed by atoms with Gasteiger partial charge in [-0.3, -0.25) is 0 Å². The number of benzene rings is 1. The smallest absolute Gasteiger partial charge is 0.0769 e. The predicted molar refractivity (Wildman–Crippen MR) is 54.4 cm³/mol. The monoisotopic (exact) mass is 195 g/mol. The molecule has 0 spiro atoms. The Bertz CT molecular complexity index is 287.